The molecule has 0 nitrogen and oxygen atoms in total. The molecule has 0 bridgehead atoms. The molecule has 0 saturated carbocycles. The number of hydrogen-bond acceptors (Lipinski definition) is 8. The fourth-order valence-electron chi connectivity index (χ4n) is 1.03. The van der Waals surface area contributed by atoms with E-state index in [0.717, 1.165) is 28.5 Å². The molecular formula is C10H12NiS8-4. The maximum Gasteiger partial charge on any atom is 0.0138 e. The van der Waals surface area contributed by atoms with Gasteiger partial charge in [-0.05, 0) is 0 Å². The van der Waals surface area contributed by atoms with Crippen molar-refractivity contribution in [2.45, 2.75) is 24.3 Å². The Kier molecular flexibility index (Phi) is 12.2. The van der Waals surface area contributed by atoms with Gasteiger partial charge in [0.15, 0.2) is 0 Å². The molecule has 2 rings (SSSR count). The van der Waals surface area contributed by atoms with Crippen LogP contribution in [0.4, 0.5) is 0 Å². The molecule has 0 aromatic heterocycles. The van der Waals surface area contributed by atoms with Crippen molar-refractivity contribution < 1.29 is 16.5 Å². The number of rotatable bonds is 0. The summed E-state index contributed by atoms with van der Waals surface area (Å²) in [6, 6.07) is 0. The summed E-state index contributed by atoms with van der Waals surface area (Å²) in [5.74, 6) is 2.23. The Morgan fingerprint density at radius 1 is 0.737 bits per heavy atom. The van der Waals surface area contributed by atoms with Crippen LogP contribution >= 0.6 is 47.0 Å². The van der Waals surface area contributed by atoms with Gasteiger partial charge in [0.25, 0.3) is 0 Å². The van der Waals surface area contributed by atoms with Crippen molar-refractivity contribution in [2.75, 3.05) is 11.5 Å². The molecule has 2 aliphatic rings. The van der Waals surface area contributed by atoms with E-state index in [1.165, 1.54) is 0 Å². The van der Waals surface area contributed by atoms with Crippen molar-refractivity contribution in [1.82, 2.24) is 0 Å². The summed E-state index contributed by atoms with van der Waals surface area (Å²) < 4.78 is 3.64. The first-order valence-electron chi connectivity index (χ1n) is 5.15. The van der Waals surface area contributed by atoms with Gasteiger partial charge in [0.2, 0.25) is 0 Å². The molecule has 0 aromatic rings. The molecule has 19 heavy (non-hydrogen) atoms. The van der Waals surface area contributed by atoms with Gasteiger partial charge >= 0.3 is 0 Å². The van der Waals surface area contributed by atoms with Crippen LogP contribution in [0.1, 0.15) is 13.8 Å². The maximum atomic E-state index is 5.01. The normalized spacial score (nSPS) is 27.3. The van der Waals surface area contributed by atoms with Crippen molar-refractivity contribution in [3.8, 4) is 0 Å². The minimum absolute atomic E-state index is 0. The van der Waals surface area contributed by atoms with Gasteiger partial charge in [0, 0.05) is 38.5 Å². The quantitative estimate of drug-likeness (QED) is 0.396. The van der Waals surface area contributed by atoms with Crippen LogP contribution in [0, 0.1) is 0 Å². The largest absolute Gasteiger partial charge is 0.774 e. The standard InChI is InChI=1S/2C5H8S4.Ni/c2*1-3-2-8-4(6)5(7)9-3;/h2*3,6-7H,2H2,1H3;/p-4. The molecule has 2 heterocycles. The van der Waals surface area contributed by atoms with Gasteiger partial charge in [0.1, 0.15) is 0 Å². The number of hydrogen-bond donors (Lipinski definition) is 0. The van der Waals surface area contributed by atoms with Gasteiger partial charge in [-0.25, -0.2) is 0 Å². The Morgan fingerprint density at radius 3 is 1.26 bits per heavy atom. The fraction of sp³-hybridized carbons (Fsp3) is 0.600. The first-order valence-corrected chi connectivity index (χ1v) is 10.5. The van der Waals surface area contributed by atoms with E-state index in [0.29, 0.717) is 10.5 Å². The third-order valence-corrected chi connectivity index (χ3v) is 9.65. The van der Waals surface area contributed by atoms with E-state index in [1.807, 2.05) is 0 Å². The molecule has 114 valence electrons. The molecule has 9 heteroatoms. The van der Waals surface area contributed by atoms with Gasteiger partial charge < -0.3 is 50.5 Å². The average Bonchev–Trinajstić information content (AvgIpc) is 2.30. The zero-order chi connectivity index (χ0) is 13.7. The second kappa shape index (κ2) is 10.9. The van der Waals surface area contributed by atoms with E-state index in [2.05, 4.69) is 13.8 Å². The van der Waals surface area contributed by atoms with Gasteiger partial charge in [-0.1, -0.05) is 13.8 Å². The van der Waals surface area contributed by atoms with Gasteiger partial charge in [0.05, 0.1) is 0 Å². The third-order valence-electron chi connectivity index (χ3n) is 1.85. The molecule has 2 unspecified atom stereocenters. The summed E-state index contributed by atoms with van der Waals surface area (Å²) >= 11 is 26.8. The smallest absolute Gasteiger partial charge is 0.0138 e. The van der Waals surface area contributed by atoms with Gasteiger partial charge in [-0.15, -0.1) is 0 Å². The first-order chi connectivity index (χ1) is 8.40. The van der Waals surface area contributed by atoms with E-state index in [1.54, 1.807) is 47.0 Å². The molecular weight excluding hydrogens is 435 g/mol. The fourth-order valence-corrected chi connectivity index (χ4v) is 6.60. The summed E-state index contributed by atoms with van der Waals surface area (Å²) in [7, 11) is 0. The summed E-state index contributed by atoms with van der Waals surface area (Å²) in [6.07, 6.45) is 0. The molecule has 0 amide bonds. The molecule has 0 aliphatic carbocycles. The Morgan fingerprint density at radius 2 is 1.05 bits per heavy atom. The predicted molar refractivity (Wildman–Crippen MR) is 103 cm³/mol. The van der Waals surface area contributed by atoms with Crippen LogP contribution in [0.25, 0.3) is 0 Å². The molecule has 2 atom stereocenters. The second-order valence-corrected chi connectivity index (χ2v) is 11.3. The Balaban J connectivity index is 0.000000324. The summed E-state index contributed by atoms with van der Waals surface area (Å²) in [4.78, 5) is 0. The molecule has 0 fully saturated rings. The van der Waals surface area contributed by atoms with E-state index >= 15 is 0 Å². The molecule has 0 spiro atoms. The molecule has 0 N–H and O–H groups in total. The van der Waals surface area contributed by atoms with Crippen molar-refractivity contribution in [2.24, 2.45) is 0 Å². The molecule has 0 radical (unpaired) electrons. The minimum atomic E-state index is 0. The van der Waals surface area contributed by atoms with E-state index in [4.69, 9.17) is 50.5 Å². The molecule has 2 aliphatic heterocycles. The van der Waals surface area contributed by atoms with Gasteiger partial charge in [-0.2, -0.15) is 64.0 Å². The second-order valence-electron chi connectivity index (χ2n) is 3.63. The van der Waals surface area contributed by atoms with Crippen LogP contribution in [0.15, 0.2) is 16.9 Å². The van der Waals surface area contributed by atoms with E-state index < -0.39 is 0 Å². The van der Waals surface area contributed by atoms with Crippen LogP contribution in [0.2, 0.25) is 0 Å². The zero-order valence-electron chi connectivity index (χ0n) is 10.2. The van der Waals surface area contributed by atoms with E-state index in [9.17, 15) is 0 Å². The van der Waals surface area contributed by atoms with Crippen LogP contribution in [-0.4, -0.2) is 22.0 Å². The molecule has 0 aromatic carbocycles. The summed E-state index contributed by atoms with van der Waals surface area (Å²) in [6.45, 7) is 4.34. The Bertz CT molecular complexity index is 319. The summed E-state index contributed by atoms with van der Waals surface area (Å²) in [5.41, 5.74) is 0. The monoisotopic (exact) mass is 446 g/mol. The topological polar surface area (TPSA) is 0 Å². The summed E-state index contributed by atoms with van der Waals surface area (Å²) in [5, 5.41) is 1.29. The van der Waals surface area contributed by atoms with Crippen molar-refractivity contribution >= 4 is 97.6 Å². The maximum absolute atomic E-state index is 5.01. The van der Waals surface area contributed by atoms with Crippen molar-refractivity contribution in [1.29, 1.82) is 0 Å². The SMILES string of the molecule is CC1CSC([S-])=C([S-])S1.CC1CSC([S-])=C([S-])S1.[Ni]. The van der Waals surface area contributed by atoms with Crippen molar-refractivity contribution in [3.63, 3.8) is 0 Å². The first kappa shape index (κ1) is 21.3. The van der Waals surface area contributed by atoms with E-state index in [-0.39, 0.29) is 16.5 Å². The molecule has 0 saturated heterocycles. The van der Waals surface area contributed by atoms with Crippen molar-refractivity contribution in [3.05, 3.63) is 16.9 Å². The number of thioether (sulfide) groups is 4. The predicted octanol–water partition coefficient (Wildman–Crippen LogP) is 4.15. The van der Waals surface area contributed by atoms with Gasteiger partial charge in [-0.3, -0.25) is 0 Å². The average molecular weight is 447 g/mol. The van der Waals surface area contributed by atoms with Crippen LogP contribution in [0.5, 0.6) is 0 Å². The third kappa shape index (κ3) is 8.45. The Labute approximate surface area is 165 Å². The Hall–Kier alpha value is 2.25. The van der Waals surface area contributed by atoms with Crippen LogP contribution in [0.3, 0.4) is 0 Å². The van der Waals surface area contributed by atoms with Crippen LogP contribution < -0.4 is 0 Å². The minimum Gasteiger partial charge on any atom is -0.774 e. The zero-order valence-corrected chi connectivity index (χ0v) is 17.7. The van der Waals surface area contributed by atoms with Crippen LogP contribution in [-0.2, 0) is 67.0 Å².